The lowest BCUT2D eigenvalue weighted by molar-refractivity contribution is 0.102. The average Bonchev–Trinajstić information content (AvgIpc) is 2.67. The van der Waals surface area contributed by atoms with Crippen molar-refractivity contribution in [2.24, 2.45) is 0 Å². The molecule has 0 fully saturated rings. The van der Waals surface area contributed by atoms with E-state index in [2.05, 4.69) is 15.5 Å². The minimum atomic E-state index is -0.530. The summed E-state index contributed by atoms with van der Waals surface area (Å²) >= 11 is 12.3. The van der Waals surface area contributed by atoms with Crippen LogP contribution < -0.4 is 5.32 Å². The summed E-state index contributed by atoms with van der Waals surface area (Å²) in [6.07, 6.45) is 0. The van der Waals surface area contributed by atoms with Crippen LogP contribution >= 0.6 is 34.5 Å². The molecule has 2 N–H and O–H groups in total. The van der Waals surface area contributed by atoms with Crippen molar-refractivity contribution in [3.8, 4) is 5.75 Å². The number of benzene rings is 1. The summed E-state index contributed by atoms with van der Waals surface area (Å²) in [6, 6.07) is 4.18. The first-order valence-electron chi connectivity index (χ1n) is 4.35. The largest absolute Gasteiger partial charge is 0.507 e. The molecular formula is C9H5Cl2N3O2S. The highest BCUT2D eigenvalue weighted by molar-refractivity contribution is 7.19. The Hall–Kier alpha value is -1.37. The first kappa shape index (κ1) is 12.1. The number of anilines is 1. The van der Waals surface area contributed by atoms with E-state index in [0.29, 0.717) is 5.02 Å². The molecule has 2 rings (SSSR count). The molecule has 0 radical (unpaired) electrons. The van der Waals surface area contributed by atoms with Gasteiger partial charge in [-0.15, -0.1) is 10.2 Å². The number of hydrogen-bond donors (Lipinski definition) is 2. The molecule has 5 nitrogen and oxygen atoms in total. The van der Waals surface area contributed by atoms with E-state index in [1.165, 1.54) is 18.2 Å². The molecule has 0 aliphatic rings. The fourth-order valence-electron chi connectivity index (χ4n) is 1.11. The van der Waals surface area contributed by atoms with Crippen LogP contribution in [0.5, 0.6) is 5.75 Å². The molecule has 0 aliphatic heterocycles. The summed E-state index contributed by atoms with van der Waals surface area (Å²) in [5.74, 6) is -0.694. The maximum absolute atomic E-state index is 11.8. The third kappa shape index (κ3) is 2.85. The number of hydrogen-bond acceptors (Lipinski definition) is 5. The zero-order valence-electron chi connectivity index (χ0n) is 8.15. The number of halogens is 2. The molecule has 0 spiro atoms. The molecule has 0 saturated heterocycles. The van der Waals surface area contributed by atoms with Crippen molar-refractivity contribution in [1.29, 1.82) is 0 Å². The second-order valence-electron chi connectivity index (χ2n) is 2.98. The molecule has 0 aliphatic carbocycles. The number of amides is 1. The van der Waals surface area contributed by atoms with E-state index in [-0.39, 0.29) is 20.9 Å². The smallest absolute Gasteiger partial charge is 0.261 e. The van der Waals surface area contributed by atoms with E-state index in [0.717, 1.165) is 11.3 Å². The predicted molar refractivity (Wildman–Crippen MR) is 66.0 cm³/mol. The van der Waals surface area contributed by atoms with Crippen molar-refractivity contribution in [2.75, 3.05) is 5.32 Å². The molecule has 2 aromatic rings. The Morgan fingerprint density at radius 3 is 2.76 bits per heavy atom. The summed E-state index contributed by atoms with van der Waals surface area (Å²) < 4.78 is 0.218. The summed E-state index contributed by atoms with van der Waals surface area (Å²) in [4.78, 5) is 11.8. The number of carbonyl (C=O) groups excluding carboxylic acids is 1. The van der Waals surface area contributed by atoms with Crippen molar-refractivity contribution < 1.29 is 9.90 Å². The zero-order chi connectivity index (χ0) is 12.4. The SMILES string of the molecule is O=C(Nc1nnc(Cl)s1)c1cc(Cl)ccc1O. The van der Waals surface area contributed by atoms with Gasteiger partial charge >= 0.3 is 0 Å². The lowest BCUT2D eigenvalue weighted by Crippen LogP contribution is -2.11. The van der Waals surface area contributed by atoms with Gasteiger partial charge in [0, 0.05) is 5.02 Å². The number of phenolic OH excluding ortho intramolecular Hbond substituents is 1. The van der Waals surface area contributed by atoms with Crippen molar-refractivity contribution in [2.45, 2.75) is 0 Å². The van der Waals surface area contributed by atoms with Gasteiger partial charge in [0.15, 0.2) is 0 Å². The maximum Gasteiger partial charge on any atom is 0.261 e. The quantitative estimate of drug-likeness (QED) is 0.891. The van der Waals surface area contributed by atoms with Gasteiger partial charge in [-0.25, -0.2) is 0 Å². The van der Waals surface area contributed by atoms with Crippen molar-refractivity contribution in [3.63, 3.8) is 0 Å². The molecular weight excluding hydrogens is 285 g/mol. The lowest BCUT2D eigenvalue weighted by atomic mass is 10.2. The van der Waals surface area contributed by atoms with Gasteiger partial charge < -0.3 is 5.11 Å². The zero-order valence-corrected chi connectivity index (χ0v) is 10.5. The number of aromatic nitrogens is 2. The highest BCUT2D eigenvalue weighted by atomic mass is 35.5. The predicted octanol–water partition coefficient (Wildman–Crippen LogP) is 2.80. The molecule has 1 aromatic heterocycles. The molecule has 0 atom stereocenters. The van der Waals surface area contributed by atoms with Gasteiger partial charge in [-0.05, 0) is 29.8 Å². The Balaban J connectivity index is 2.22. The van der Waals surface area contributed by atoms with Crippen LogP contribution in [0.3, 0.4) is 0 Å². The fraction of sp³-hybridized carbons (Fsp3) is 0. The first-order chi connectivity index (χ1) is 8.06. The average molecular weight is 290 g/mol. The van der Waals surface area contributed by atoms with Gasteiger partial charge in [0.05, 0.1) is 5.56 Å². The third-order valence-corrected chi connectivity index (χ3v) is 2.99. The van der Waals surface area contributed by atoms with Crippen molar-refractivity contribution in [3.05, 3.63) is 33.3 Å². The van der Waals surface area contributed by atoms with Crippen LogP contribution in [0.15, 0.2) is 18.2 Å². The van der Waals surface area contributed by atoms with Gasteiger partial charge in [0.2, 0.25) is 9.60 Å². The first-order valence-corrected chi connectivity index (χ1v) is 5.92. The van der Waals surface area contributed by atoms with Gasteiger partial charge in [-0.1, -0.05) is 22.9 Å². The summed E-state index contributed by atoms with van der Waals surface area (Å²) in [5, 5.41) is 19.7. The number of rotatable bonds is 2. The Bertz CT molecular complexity index is 573. The molecule has 8 heteroatoms. The van der Waals surface area contributed by atoms with Crippen LogP contribution in [-0.4, -0.2) is 21.2 Å². The van der Waals surface area contributed by atoms with Crippen LogP contribution in [-0.2, 0) is 0 Å². The Morgan fingerprint density at radius 2 is 2.12 bits per heavy atom. The number of aromatic hydroxyl groups is 1. The minimum Gasteiger partial charge on any atom is -0.507 e. The van der Waals surface area contributed by atoms with E-state index < -0.39 is 5.91 Å². The second-order valence-corrected chi connectivity index (χ2v) is 4.97. The number of phenols is 1. The van der Waals surface area contributed by atoms with E-state index in [9.17, 15) is 9.90 Å². The molecule has 1 amide bonds. The Morgan fingerprint density at radius 1 is 1.35 bits per heavy atom. The summed E-state index contributed by atoms with van der Waals surface area (Å²) in [7, 11) is 0. The Labute approximate surface area is 110 Å². The topological polar surface area (TPSA) is 75.1 Å². The molecule has 1 aromatic carbocycles. The van der Waals surface area contributed by atoms with E-state index in [1.54, 1.807) is 0 Å². The van der Waals surface area contributed by atoms with E-state index in [4.69, 9.17) is 23.2 Å². The van der Waals surface area contributed by atoms with Crippen molar-refractivity contribution >= 4 is 45.6 Å². The van der Waals surface area contributed by atoms with Gasteiger partial charge in [-0.3, -0.25) is 10.1 Å². The second kappa shape index (κ2) is 4.87. The van der Waals surface area contributed by atoms with Crippen LogP contribution in [0.1, 0.15) is 10.4 Å². The molecule has 0 unspecified atom stereocenters. The van der Waals surface area contributed by atoms with Gasteiger partial charge in [0.25, 0.3) is 5.91 Å². The molecule has 0 bridgehead atoms. The molecule has 17 heavy (non-hydrogen) atoms. The molecule has 1 heterocycles. The molecule has 0 saturated carbocycles. The van der Waals surface area contributed by atoms with E-state index in [1.807, 2.05) is 0 Å². The monoisotopic (exact) mass is 289 g/mol. The third-order valence-electron chi connectivity index (χ3n) is 1.82. The van der Waals surface area contributed by atoms with Crippen LogP contribution in [0.2, 0.25) is 9.49 Å². The van der Waals surface area contributed by atoms with Crippen LogP contribution in [0.4, 0.5) is 5.13 Å². The Kier molecular flexibility index (Phi) is 3.46. The minimum absolute atomic E-state index is 0.0591. The van der Waals surface area contributed by atoms with E-state index >= 15 is 0 Å². The number of nitrogens with one attached hydrogen (secondary N) is 1. The molecule has 88 valence electrons. The van der Waals surface area contributed by atoms with Gasteiger partial charge in [-0.2, -0.15) is 0 Å². The highest BCUT2D eigenvalue weighted by Gasteiger charge is 2.13. The summed E-state index contributed by atoms with van der Waals surface area (Å²) in [5.41, 5.74) is 0.0591. The summed E-state index contributed by atoms with van der Waals surface area (Å²) in [6.45, 7) is 0. The maximum atomic E-state index is 11.8. The van der Waals surface area contributed by atoms with Crippen LogP contribution in [0.25, 0.3) is 0 Å². The lowest BCUT2D eigenvalue weighted by Gasteiger charge is -2.03. The van der Waals surface area contributed by atoms with Gasteiger partial charge in [0.1, 0.15) is 5.75 Å². The van der Waals surface area contributed by atoms with Crippen molar-refractivity contribution in [1.82, 2.24) is 10.2 Å². The standard InChI is InChI=1S/C9H5Cl2N3O2S/c10-4-1-2-6(15)5(3-4)7(16)12-9-14-13-8(11)17-9/h1-3,15H,(H,12,14,16). The normalized spacial score (nSPS) is 10.2. The fourth-order valence-corrected chi connectivity index (χ4v) is 2.01. The number of carbonyl (C=O) groups is 1. The van der Waals surface area contributed by atoms with Crippen LogP contribution in [0, 0.1) is 0 Å². The highest BCUT2D eigenvalue weighted by Crippen LogP contribution is 2.24. The number of nitrogens with zero attached hydrogens (tertiary/aromatic N) is 2.